The molecule has 0 aromatic carbocycles. The maximum Gasteiger partial charge on any atom is 0.328 e. The highest BCUT2D eigenvalue weighted by Crippen LogP contribution is 2.27. The van der Waals surface area contributed by atoms with Crippen molar-refractivity contribution < 1.29 is 33.4 Å². The van der Waals surface area contributed by atoms with Crippen LogP contribution in [0.4, 0.5) is 4.79 Å². The fourth-order valence-corrected chi connectivity index (χ4v) is 2.84. The van der Waals surface area contributed by atoms with E-state index in [9.17, 15) is 19.2 Å². The van der Waals surface area contributed by atoms with Crippen molar-refractivity contribution in [2.45, 2.75) is 55.6 Å². The van der Waals surface area contributed by atoms with E-state index in [0.29, 0.717) is 19.4 Å². The van der Waals surface area contributed by atoms with Crippen LogP contribution in [0.5, 0.6) is 0 Å². The maximum atomic E-state index is 12.6. The summed E-state index contributed by atoms with van der Waals surface area (Å²) >= 11 is 50.1. The van der Waals surface area contributed by atoms with Gasteiger partial charge in [-0.05, 0) is 32.2 Å². The Hall–Kier alpha value is 0.250. The molecule has 2 atom stereocenters. The number of hydrogen-bond acceptors (Lipinski definition) is 8. The number of halogens is 9. The van der Waals surface area contributed by atoms with Crippen molar-refractivity contribution in [2.75, 3.05) is 26.4 Å². The van der Waals surface area contributed by atoms with Gasteiger partial charge in [0.25, 0.3) is 0 Å². The minimum atomic E-state index is -1.94. The Kier molecular flexibility index (Phi) is 18.0. The van der Waals surface area contributed by atoms with Gasteiger partial charge in [-0.2, -0.15) is 0 Å². The summed E-state index contributed by atoms with van der Waals surface area (Å²) in [5, 5.41) is 4.63. The number of ether oxygens (including phenoxy) is 3. The van der Waals surface area contributed by atoms with E-state index < -0.39 is 73.6 Å². The minimum absolute atomic E-state index is 0.120. The Morgan fingerprint density at radius 1 is 0.649 bits per heavy atom. The molecule has 0 saturated heterocycles. The molecule has 0 unspecified atom stereocenters. The molecule has 0 heterocycles. The first-order valence-electron chi connectivity index (χ1n) is 10.3. The van der Waals surface area contributed by atoms with Gasteiger partial charge >= 0.3 is 23.9 Å². The monoisotopic (exact) mass is 709 g/mol. The van der Waals surface area contributed by atoms with Crippen molar-refractivity contribution in [1.29, 1.82) is 0 Å². The molecule has 0 rings (SSSR count). The number of nitrogens with one attached hydrogen (secondary N) is 2. The average Bonchev–Trinajstić information content (AvgIpc) is 2.75. The Balaban J connectivity index is 5.33. The van der Waals surface area contributed by atoms with Crippen LogP contribution in [0.2, 0.25) is 0 Å². The van der Waals surface area contributed by atoms with Gasteiger partial charge in [-0.15, -0.1) is 0 Å². The second kappa shape index (κ2) is 17.8. The molecule has 4 N–H and O–H groups in total. The van der Waals surface area contributed by atoms with Gasteiger partial charge < -0.3 is 30.6 Å². The summed E-state index contributed by atoms with van der Waals surface area (Å²) in [6.07, 6.45) is 0.378. The Bertz CT molecular complexity index is 759. The number of esters is 3. The lowest BCUT2D eigenvalue weighted by atomic mass is 10.1. The molecule has 0 aromatic rings. The number of amides is 2. The van der Waals surface area contributed by atoms with Crippen molar-refractivity contribution in [2.24, 2.45) is 5.73 Å². The summed E-state index contributed by atoms with van der Waals surface area (Å²) in [6, 6.07) is -3.62. The first kappa shape index (κ1) is 37.2. The van der Waals surface area contributed by atoms with E-state index in [1.165, 1.54) is 0 Å². The zero-order valence-corrected chi connectivity index (χ0v) is 25.7. The van der Waals surface area contributed by atoms with Gasteiger partial charge in [0.15, 0.2) is 0 Å². The largest absolute Gasteiger partial charge is 0.461 e. The van der Waals surface area contributed by atoms with E-state index in [-0.39, 0.29) is 12.8 Å². The molecule has 0 aliphatic carbocycles. The molecule has 0 aliphatic heterocycles. The predicted molar refractivity (Wildman–Crippen MR) is 145 cm³/mol. The van der Waals surface area contributed by atoms with Crippen molar-refractivity contribution in [3.63, 3.8) is 0 Å². The third-order valence-electron chi connectivity index (χ3n) is 3.92. The molecule has 37 heavy (non-hydrogen) atoms. The molecule has 0 fully saturated rings. The number of carbonyl (C=O) groups is 4. The van der Waals surface area contributed by atoms with Gasteiger partial charge in [-0.1, -0.05) is 104 Å². The SMILES string of the molecule is NCCCC[C@H](NC(=O)N[C@@H](CCC(=O)OCC(Cl)(Cl)Cl)C(=O)OCC(Cl)(Cl)Cl)C(=O)OCC(Cl)(Cl)Cl. The number of nitrogens with two attached hydrogens (primary N) is 1. The van der Waals surface area contributed by atoms with Crippen LogP contribution in [-0.2, 0) is 28.6 Å². The van der Waals surface area contributed by atoms with E-state index in [1.807, 2.05) is 0 Å². The molecule has 0 saturated carbocycles. The number of alkyl halides is 9. The van der Waals surface area contributed by atoms with Gasteiger partial charge in [0.1, 0.15) is 31.9 Å². The summed E-state index contributed by atoms with van der Waals surface area (Å²) in [6.45, 7) is -1.43. The lowest BCUT2D eigenvalue weighted by Gasteiger charge is -2.22. The molecular weight excluding hydrogens is 689 g/mol. The molecule has 10 nitrogen and oxygen atoms in total. The molecule has 216 valence electrons. The van der Waals surface area contributed by atoms with Crippen LogP contribution in [0.1, 0.15) is 32.1 Å². The molecule has 2 amide bonds. The van der Waals surface area contributed by atoms with Crippen LogP contribution in [-0.4, -0.2) is 73.8 Å². The number of carbonyl (C=O) groups excluding carboxylic acids is 4. The van der Waals surface area contributed by atoms with Gasteiger partial charge in [-0.25, -0.2) is 14.4 Å². The third-order valence-corrected chi connectivity index (χ3v) is 4.90. The molecule has 0 bridgehead atoms. The topological polar surface area (TPSA) is 146 Å². The van der Waals surface area contributed by atoms with Crippen LogP contribution >= 0.6 is 104 Å². The summed E-state index contributed by atoms with van der Waals surface area (Å²) in [5.41, 5.74) is 5.46. The third kappa shape index (κ3) is 21.7. The highest BCUT2D eigenvalue weighted by Gasteiger charge is 2.31. The van der Waals surface area contributed by atoms with E-state index in [4.69, 9.17) is 124 Å². The van der Waals surface area contributed by atoms with E-state index >= 15 is 0 Å². The highest BCUT2D eigenvalue weighted by molar-refractivity contribution is 6.68. The Labute approximate surface area is 258 Å². The van der Waals surface area contributed by atoms with E-state index in [1.54, 1.807) is 0 Å². The van der Waals surface area contributed by atoms with Gasteiger partial charge in [0.2, 0.25) is 11.4 Å². The quantitative estimate of drug-likeness (QED) is 0.102. The van der Waals surface area contributed by atoms with Crippen LogP contribution in [0.25, 0.3) is 0 Å². The molecular formula is C18H24Cl9N3O7. The lowest BCUT2D eigenvalue weighted by Crippen LogP contribution is -2.52. The number of urea groups is 1. The predicted octanol–water partition coefficient (Wildman–Crippen LogP) is 4.67. The van der Waals surface area contributed by atoms with Gasteiger partial charge in [0, 0.05) is 6.42 Å². The van der Waals surface area contributed by atoms with Crippen LogP contribution in [0, 0.1) is 0 Å². The second-order valence-corrected chi connectivity index (χ2v) is 14.8. The second-order valence-electron chi connectivity index (χ2n) is 7.27. The van der Waals surface area contributed by atoms with E-state index in [0.717, 1.165) is 0 Å². The van der Waals surface area contributed by atoms with Gasteiger partial charge in [0.05, 0.1) is 0 Å². The van der Waals surface area contributed by atoms with Crippen LogP contribution < -0.4 is 16.4 Å². The zero-order valence-electron chi connectivity index (χ0n) is 18.9. The van der Waals surface area contributed by atoms with Crippen LogP contribution in [0.15, 0.2) is 0 Å². The molecule has 0 radical (unpaired) electrons. The van der Waals surface area contributed by atoms with Crippen molar-refractivity contribution in [1.82, 2.24) is 10.6 Å². The Morgan fingerprint density at radius 3 is 1.46 bits per heavy atom. The number of unbranched alkanes of at least 4 members (excludes halogenated alkanes) is 1. The molecule has 0 spiro atoms. The van der Waals surface area contributed by atoms with Crippen LogP contribution in [0.3, 0.4) is 0 Å². The molecule has 0 aromatic heterocycles. The maximum absolute atomic E-state index is 12.6. The highest BCUT2D eigenvalue weighted by atomic mass is 35.6. The van der Waals surface area contributed by atoms with E-state index in [2.05, 4.69) is 10.6 Å². The van der Waals surface area contributed by atoms with Crippen molar-refractivity contribution in [3.8, 4) is 0 Å². The molecule has 19 heteroatoms. The lowest BCUT2D eigenvalue weighted by molar-refractivity contribution is -0.147. The number of hydrogen-bond donors (Lipinski definition) is 3. The fourth-order valence-electron chi connectivity index (χ4n) is 2.35. The minimum Gasteiger partial charge on any atom is -0.461 e. The standard InChI is InChI=1S/C18H24Cl9N3O7/c19-16(20,21)7-35-12(31)5-4-11(14(33)37-9-18(25,26)27)30-15(34)29-10(3-1-2-6-28)13(32)36-8-17(22,23)24/h10-11H,1-9,28H2,(H2,29,30,34)/t10-,11-/m0/s1. The first-order chi connectivity index (χ1) is 16.8. The fraction of sp³-hybridized carbons (Fsp3) is 0.778. The summed E-state index contributed by atoms with van der Waals surface area (Å²) in [5.74, 6) is -2.79. The zero-order chi connectivity index (χ0) is 28.9. The molecule has 0 aliphatic rings. The summed E-state index contributed by atoms with van der Waals surface area (Å²) < 4.78 is 8.93. The average molecular weight is 713 g/mol. The van der Waals surface area contributed by atoms with Gasteiger partial charge in [-0.3, -0.25) is 4.79 Å². The number of rotatable bonds is 14. The Morgan fingerprint density at radius 2 is 1.05 bits per heavy atom. The smallest absolute Gasteiger partial charge is 0.328 e. The van der Waals surface area contributed by atoms with Crippen molar-refractivity contribution >= 4 is 128 Å². The normalized spacial score (nSPS) is 13.8. The summed E-state index contributed by atoms with van der Waals surface area (Å²) in [4.78, 5) is 49.5. The van der Waals surface area contributed by atoms with Crippen molar-refractivity contribution in [3.05, 3.63) is 0 Å². The first-order valence-corrected chi connectivity index (χ1v) is 13.7. The summed E-state index contributed by atoms with van der Waals surface area (Å²) in [7, 11) is 0.